The molecule has 0 amide bonds. The second kappa shape index (κ2) is 26.4. The van der Waals surface area contributed by atoms with E-state index in [2.05, 4.69) is 48.8 Å². The molecular formula is C58H62Cl2FN7O10S. The summed E-state index contributed by atoms with van der Waals surface area (Å²) < 4.78 is 63.8. The van der Waals surface area contributed by atoms with Crippen molar-refractivity contribution in [3.8, 4) is 56.1 Å². The highest BCUT2D eigenvalue weighted by atomic mass is 35.5. The average molecular weight is 1140 g/mol. The molecule has 1 N–H and O–H groups in total. The van der Waals surface area contributed by atoms with Gasteiger partial charge in [-0.05, 0) is 85.1 Å². The Morgan fingerprint density at radius 1 is 0.759 bits per heavy atom. The number of aromatic nitrogens is 4. The second-order valence-corrected chi connectivity index (χ2v) is 21.3. The van der Waals surface area contributed by atoms with E-state index in [-0.39, 0.29) is 40.5 Å². The molecule has 0 unspecified atom stereocenters. The summed E-state index contributed by atoms with van der Waals surface area (Å²) in [7, 11) is 2.10. The summed E-state index contributed by atoms with van der Waals surface area (Å²) >= 11 is 16.0. The predicted octanol–water partition coefficient (Wildman–Crippen LogP) is 9.60. The number of carbonyl (C=O) groups is 1. The van der Waals surface area contributed by atoms with Crippen LogP contribution in [0.4, 0.5) is 4.39 Å². The van der Waals surface area contributed by atoms with E-state index in [9.17, 15) is 14.3 Å². The van der Waals surface area contributed by atoms with Gasteiger partial charge in [-0.25, -0.2) is 29.1 Å². The zero-order chi connectivity index (χ0) is 54.8. The van der Waals surface area contributed by atoms with E-state index in [0.29, 0.717) is 132 Å². The van der Waals surface area contributed by atoms with Gasteiger partial charge in [0.1, 0.15) is 47.8 Å². The van der Waals surface area contributed by atoms with Gasteiger partial charge in [0.15, 0.2) is 11.6 Å². The topological polar surface area (TPSA) is 172 Å². The summed E-state index contributed by atoms with van der Waals surface area (Å²) in [5.41, 5.74) is 5.80. The molecule has 11 rings (SSSR count). The molecular weight excluding hydrogens is 1080 g/mol. The van der Waals surface area contributed by atoms with Crippen molar-refractivity contribution in [2.45, 2.75) is 39.2 Å². The average Bonchev–Trinajstić information content (AvgIpc) is 4.13. The van der Waals surface area contributed by atoms with E-state index in [0.717, 1.165) is 50.4 Å². The van der Waals surface area contributed by atoms with Gasteiger partial charge in [-0.15, -0.1) is 11.3 Å². The minimum atomic E-state index is -1.69. The quantitative estimate of drug-likeness (QED) is 0.137. The Bertz CT molecular complexity index is 3180. The molecule has 3 aromatic heterocycles. The molecule has 4 aliphatic rings. The molecule has 17 nitrogen and oxygen atoms in total. The molecule has 4 aliphatic heterocycles. The Morgan fingerprint density at radius 3 is 2.09 bits per heavy atom. The standard InChI is InChI=1S/C58H62Cl2FN7O10S/c1-36-47-37(2)51(60)53(50(36)59)77-44(32-67-18-16-66(3)17-19-67)34-75-43-12-13-46(45(30-43)52(58(69)70)78-56-49-48(47)54(79-57(49)64-35-63-56)39-8-10-41(61)11-9-39)76-33-42-14-15-62-55(65-42)40-6-4-38(5-7-40)31-68-20-22-71-24-26-73-28-29-74-27-25-72-23-21-68/h4-15,30,35,44,52H,16-29,31-34H2,1-3H3,(H,69,70)/t44-,52-/m1/s1. The molecule has 416 valence electrons. The first-order valence-electron chi connectivity index (χ1n) is 26.3. The molecule has 7 aromatic rings. The summed E-state index contributed by atoms with van der Waals surface area (Å²) in [4.78, 5) is 40.5. The fourth-order valence-electron chi connectivity index (χ4n) is 9.77. The van der Waals surface area contributed by atoms with Crippen molar-refractivity contribution in [1.82, 2.24) is 34.6 Å². The lowest BCUT2D eigenvalue weighted by Gasteiger charge is -2.35. The van der Waals surface area contributed by atoms with Gasteiger partial charge in [-0.2, -0.15) is 0 Å². The van der Waals surface area contributed by atoms with Gasteiger partial charge in [-0.3, -0.25) is 9.80 Å². The lowest BCUT2D eigenvalue weighted by molar-refractivity contribution is -0.145. The highest BCUT2D eigenvalue weighted by Crippen LogP contribution is 2.53. The minimum Gasteiger partial charge on any atom is -0.490 e. The highest BCUT2D eigenvalue weighted by Gasteiger charge is 2.34. The number of thiophene rings is 1. The van der Waals surface area contributed by atoms with Gasteiger partial charge in [0.2, 0.25) is 12.0 Å². The van der Waals surface area contributed by atoms with Crippen molar-refractivity contribution in [1.29, 1.82) is 0 Å². The Labute approximate surface area is 472 Å². The molecule has 0 aliphatic carbocycles. The number of fused-ring (bicyclic) bond motifs is 6. The summed E-state index contributed by atoms with van der Waals surface area (Å²) in [6, 6.07) is 20.9. The number of piperazine rings is 1. The number of hydrogen-bond acceptors (Lipinski definition) is 17. The van der Waals surface area contributed by atoms with Gasteiger partial charge in [-0.1, -0.05) is 59.6 Å². The number of carboxylic acids is 1. The molecule has 4 bridgehead atoms. The van der Waals surface area contributed by atoms with E-state index in [1.165, 1.54) is 29.8 Å². The molecule has 0 spiro atoms. The Hall–Kier alpha value is -6.10. The Kier molecular flexibility index (Phi) is 18.8. The molecule has 4 aromatic carbocycles. The first kappa shape index (κ1) is 56.2. The summed E-state index contributed by atoms with van der Waals surface area (Å²) in [6.07, 6.45) is 0.718. The maximum Gasteiger partial charge on any atom is 0.349 e. The number of rotatable bonds is 10. The van der Waals surface area contributed by atoms with Crippen molar-refractivity contribution < 1.29 is 52.2 Å². The maximum atomic E-state index is 14.5. The van der Waals surface area contributed by atoms with Crippen LogP contribution >= 0.6 is 34.5 Å². The highest BCUT2D eigenvalue weighted by molar-refractivity contribution is 7.22. The third kappa shape index (κ3) is 13.7. The number of ether oxygens (including phenoxy) is 8. The number of benzene rings is 4. The van der Waals surface area contributed by atoms with Crippen LogP contribution in [0.25, 0.3) is 43.2 Å². The second-order valence-electron chi connectivity index (χ2n) is 19.5. The van der Waals surface area contributed by atoms with Crippen LogP contribution in [-0.4, -0.2) is 164 Å². The fourth-order valence-corrected chi connectivity index (χ4v) is 11.4. The van der Waals surface area contributed by atoms with Crippen LogP contribution in [0.1, 0.15) is 34.1 Å². The van der Waals surface area contributed by atoms with Crippen LogP contribution in [0.2, 0.25) is 10.0 Å². The van der Waals surface area contributed by atoms with Crippen LogP contribution < -0.4 is 18.9 Å². The van der Waals surface area contributed by atoms with Gasteiger partial charge >= 0.3 is 5.97 Å². The van der Waals surface area contributed by atoms with Crippen molar-refractivity contribution >= 4 is 50.7 Å². The first-order chi connectivity index (χ1) is 38.5. The lowest BCUT2D eigenvalue weighted by Crippen LogP contribution is -2.49. The zero-order valence-corrected chi connectivity index (χ0v) is 46.6. The largest absolute Gasteiger partial charge is 0.490 e. The minimum absolute atomic E-state index is 0.0277. The molecule has 2 atom stereocenters. The van der Waals surface area contributed by atoms with E-state index < -0.39 is 24.0 Å². The van der Waals surface area contributed by atoms with Crippen molar-refractivity contribution in [2.24, 2.45) is 0 Å². The third-order valence-electron chi connectivity index (χ3n) is 14.0. The summed E-state index contributed by atoms with van der Waals surface area (Å²) in [6.45, 7) is 14.1. The van der Waals surface area contributed by atoms with Crippen LogP contribution in [0, 0.1) is 19.7 Å². The van der Waals surface area contributed by atoms with Crippen molar-refractivity contribution in [3.63, 3.8) is 0 Å². The monoisotopic (exact) mass is 1140 g/mol. The van der Waals surface area contributed by atoms with Crippen LogP contribution in [0.3, 0.4) is 0 Å². The van der Waals surface area contributed by atoms with Gasteiger partial charge in [0, 0.05) is 80.1 Å². The van der Waals surface area contributed by atoms with E-state index in [1.54, 1.807) is 42.6 Å². The normalized spacial score (nSPS) is 18.7. The fraction of sp³-hybridized carbons (Fsp3) is 0.397. The van der Waals surface area contributed by atoms with Crippen LogP contribution in [-0.2, 0) is 36.9 Å². The smallest absolute Gasteiger partial charge is 0.349 e. The number of halogens is 3. The van der Waals surface area contributed by atoms with Crippen molar-refractivity contribution in [3.05, 3.63) is 129 Å². The third-order valence-corrected chi connectivity index (χ3v) is 16.1. The molecule has 2 saturated heterocycles. The summed E-state index contributed by atoms with van der Waals surface area (Å²) in [5.74, 6) is -0.415. The van der Waals surface area contributed by atoms with Crippen LogP contribution in [0.15, 0.2) is 85.3 Å². The number of aliphatic carboxylic acids is 1. The van der Waals surface area contributed by atoms with Gasteiger partial charge in [0.05, 0.1) is 74.0 Å². The van der Waals surface area contributed by atoms with E-state index in [4.69, 9.17) is 66.1 Å². The van der Waals surface area contributed by atoms with E-state index in [1.807, 2.05) is 26.0 Å². The number of hydrogen-bond donors (Lipinski definition) is 1. The SMILES string of the molecule is Cc1c(Cl)c2c(Cl)c(C)c1-c1c(-c3ccc(F)cc3)sc3ncnc(c13)O[C@@H](C(=O)O)c1cc(ccc1OCc1ccnc(-c3ccc(CN4CCOCCOCCOCCOCC4)cc3)n1)OC[C@@H](CN1CCN(C)CC1)O2. The number of nitrogens with zero attached hydrogens (tertiary/aromatic N) is 7. The Balaban J connectivity index is 0.966. The zero-order valence-electron chi connectivity index (χ0n) is 44.3. The predicted molar refractivity (Wildman–Crippen MR) is 299 cm³/mol. The van der Waals surface area contributed by atoms with Gasteiger partial charge < -0.3 is 47.9 Å². The lowest BCUT2D eigenvalue weighted by atomic mass is 9.92. The number of carboxylic acid groups (broad SMARTS) is 1. The van der Waals surface area contributed by atoms with E-state index >= 15 is 0 Å². The molecule has 7 heterocycles. The molecule has 2 fully saturated rings. The molecule has 79 heavy (non-hydrogen) atoms. The molecule has 0 radical (unpaired) electrons. The van der Waals surface area contributed by atoms with Crippen molar-refractivity contribution in [2.75, 3.05) is 112 Å². The summed E-state index contributed by atoms with van der Waals surface area (Å²) in [5, 5.41) is 12.2. The maximum absolute atomic E-state index is 14.5. The molecule has 21 heteroatoms. The van der Waals surface area contributed by atoms with Crippen LogP contribution in [0.5, 0.6) is 23.1 Å². The van der Waals surface area contributed by atoms with Gasteiger partial charge in [0.25, 0.3) is 0 Å². The molecule has 0 saturated carbocycles. The Morgan fingerprint density at radius 2 is 1.42 bits per heavy atom. The first-order valence-corrected chi connectivity index (χ1v) is 27.9. The number of likely N-dealkylation sites (N-methyl/N-ethyl adjacent to an activating group) is 1.